The molecule has 0 fully saturated rings. The van der Waals surface area contributed by atoms with Crippen LogP contribution in [0.3, 0.4) is 0 Å². The molecule has 0 N–H and O–H groups in total. The van der Waals surface area contributed by atoms with Crippen molar-refractivity contribution in [3.05, 3.63) is 59.1 Å². The number of benzene rings is 2. The molecular weight excluding hydrogens is 372 g/mol. The minimum atomic E-state index is -3.74. The lowest BCUT2D eigenvalue weighted by molar-refractivity contribution is 0.0986. The summed E-state index contributed by atoms with van der Waals surface area (Å²) in [5.41, 5.74) is 1.06. The molecule has 7 heteroatoms. The molecule has 1 amide bonds. The molecule has 0 aromatic heterocycles. The van der Waals surface area contributed by atoms with Gasteiger partial charge in [-0.2, -0.15) is 0 Å². The van der Waals surface area contributed by atoms with E-state index in [9.17, 15) is 13.2 Å². The van der Waals surface area contributed by atoms with E-state index in [2.05, 4.69) is 6.92 Å². The normalized spacial score (nSPS) is 11.6. The Morgan fingerprint density at radius 2 is 1.73 bits per heavy atom. The highest BCUT2D eigenvalue weighted by molar-refractivity contribution is 7.89. The molecule has 0 aliphatic heterocycles. The Morgan fingerprint density at radius 1 is 1.08 bits per heavy atom. The van der Waals surface area contributed by atoms with Crippen LogP contribution in [0.15, 0.2) is 53.4 Å². The van der Waals surface area contributed by atoms with E-state index in [1.807, 2.05) is 30.3 Å². The smallest absolute Gasteiger partial charge is 0.258 e. The third-order valence-corrected chi connectivity index (χ3v) is 6.28. The number of carbonyl (C=O) groups is 1. The zero-order chi connectivity index (χ0) is 19.3. The van der Waals surface area contributed by atoms with Gasteiger partial charge in [-0.3, -0.25) is 4.79 Å². The Bertz CT molecular complexity index is 868. The number of carbonyl (C=O) groups excluding carboxylic acids is 1. The van der Waals surface area contributed by atoms with Crippen LogP contribution < -0.4 is 4.90 Å². The summed E-state index contributed by atoms with van der Waals surface area (Å²) in [5.74, 6) is -0.253. The fourth-order valence-electron chi connectivity index (χ4n) is 2.46. The van der Waals surface area contributed by atoms with Gasteiger partial charge in [0.1, 0.15) is 4.90 Å². The van der Waals surface area contributed by atoms with Crippen LogP contribution >= 0.6 is 11.6 Å². The quantitative estimate of drug-likeness (QED) is 0.712. The van der Waals surface area contributed by atoms with Crippen LogP contribution in [0.1, 0.15) is 30.1 Å². The Hall–Kier alpha value is -1.89. The predicted molar refractivity (Wildman–Crippen MR) is 105 cm³/mol. The molecule has 0 bridgehead atoms. The summed E-state index contributed by atoms with van der Waals surface area (Å²) in [6.07, 6.45) is 1.79. The summed E-state index contributed by atoms with van der Waals surface area (Å²) >= 11 is 6.08. The first-order valence-electron chi connectivity index (χ1n) is 8.38. The van der Waals surface area contributed by atoms with Crippen LogP contribution in [0.2, 0.25) is 5.02 Å². The molecule has 140 valence electrons. The standard InChI is InChI=1S/C19H23ClN2O3S/c1-4-5-13-22(16-9-7-6-8-10-16)19(23)15-11-12-17(20)18(14-15)26(24,25)21(2)3/h6-12,14H,4-5,13H2,1-3H3. The third kappa shape index (κ3) is 4.44. The molecule has 2 aromatic rings. The van der Waals surface area contributed by atoms with Gasteiger partial charge in [0.25, 0.3) is 5.91 Å². The topological polar surface area (TPSA) is 57.7 Å². The summed E-state index contributed by atoms with van der Waals surface area (Å²) in [5, 5.41) is 0.0927. The lowest BCUT2D eigenvalue weighted by Gasteiger charge is -2.23. The van der Waals surface area contributed by atoms with Gasteiger partial charge >= 0.3 is 0 Å². The van der Waals surface area contributed by atoms with Crippen LogP contribution in [-0.4, -0.2) is 39.3 Å². The molecule has 0 aliphatic carbocycles. The predicted octanol–water partition coefficient (Wildman–Crippen LogP) is 4.04. The number of para-hydroxylation sites is 1. The molecule has 0 saturated heterocycles. The number of anilines is 1. The Labute approximate surface area is 160 Å². The lowest BCUT2D eigenvalue weighted by atomic mass is 10.1. The van der Waals surface area contributed by atoms with Gasteiger partial charge in [0, 0.05) is 31.9 Å². The zero-order valence-corrected chi connectivity index (χ0v) is 16.7. The maximum atomic E-state index is 13.1. The number of sulfonamides is 1. The highest BCUT2D eigenvalue weighted by Gasteiger charge is 2.24. The molecule has 2 aromatic carbocycles. The maximum absolute atomic E-state index is 13.1. The number of hydrogen-bond donors (Lipinski definition) is 0. The van der Waals surface area contributed by atoms with Crippen LogP contribution in [0.25, 0.3) is 0 Å². The second kappa shape index (κ2) is 8.66. The van der Waals surface area contributed by atoms with E-state index in [0.717, 1.165) is 22.8 Å². The van der Waals surface area contributed by atoms with E-state index in [4.69, 9.17) is 11.6 Å². The molecule has 0 unspecified atom stereocenters. The van der Waals surface area contributed by atoms with Crippen molar-refractivity contribution in [1.29, 1.82) is 0 Å². The first kappa shape index (κ1) is 20.4. The second-order valence-electron chi connectivity index (χ2n) is 6.08. The summed E-state index contributed by atoms with van der Waals surface area (Å²) in [4.78, 5) is 14.7. The van der Waals surface area contributed by atoms with Crippen molar-refractivity contribution in [3.8, 4) is 0 Å². The molecular formula is C19H23ClN2O3S. The van der Waals surface area contributed by atoms with Gasteiger partial charge in [-0.15, -0.1) is 0 Å². The SMILES string of the molecule is CCCCN(C(=O)c1ccc(Cl)c(S(=O)(=O)N(C)C)c1)c1ccccc1. The summed E-state index contributed by atoms with van der Waals surface area (Å²) in [7, 11) is -0.884. The summed E-state index contributed by atoms with van der Waals surface area (Å²) < 4.78 is 26.0. The minimum absolute atomic E-state index is 0.0708. The fourth-order valence-corrected chi connectivity index (χ4v) is 3.85. The van der Waals surface area contributed by atoms with Gasteiger partial charge in [0.2, 0.25) is 10.0 Å². The van der Waals surface area contributed by atoms with E-state index in [1.54, 1.807) is 11.0 Å². The van der Waals surface area contributed by atoms with Crippen molar-refractivity contribution in [2.75, 3.05) is 25.5 Å². The highest BCUT2D eigenvalue weighted by atomic mass is 35.5. The molecule has 0 saturated carbocycles. The number of halogens is 1. The van der Waals surface area contributed by atoms with Crippen LogP contribution in [0, 0.1) is 0 Å². The van der Waals surface area contributed by atoms with Gasteiger partial charge in [0.15, 0.2) is 0 Å². The van der Waals surface area contributed by atoms with Crippen LogP contribution in [0.5, 0.6) is 0 Å². The summed E-state index contributed by atoms with van der Waals surface area (Å²) in [6.45, 7) is 2.61. The van der Waals surface area contributed by atoms with Crippen molar-refractivity contribution in [3.63, 3.8) is 0 Å². The van der Waals surface area contributed by atoms with Crippen LogP contribution in [-0.2, 0) is 10.0 Å². The number of nitrogens with zero attached hydrogens (tertiary/aromatic N) is 2. The monoisotopic (exact) mass is 394 g/mol. The van der Waals surface area contributed by atoms with Gasteiger partial charge in [-0.25, -0.2) is 12.7 Å². The molecule has 2 rings (SSSR count). The van der Waals surface area contributed by atoms with Gasteiger partial charge in [-0.1, -0.05) is 43.1 Å². The Balaban J connectivity index is 2.46. The Kier molecular flexibility index (Phi) is 6.81. The van der Waals surface area contributed by atoms with Crippen molar-refractivity contribution in [1.82, 2.24) is 4.31 Å². The van der Waals surface area contributed by atoms with E-state index in [1.165, 1.54) is 26.2 Å². The molecule has 0 aliphatic rings. The molecule has 26 heavy (non-hydrogen) atoms. The van der Waals surface area contributed by atoms with Gasteiger partial charge in [-0.05, 0) is 36.8 Å². The minimum Gasteiger partial charge on any atom is -0.308 e. The second-order valence-corrected chi connectivity index (χ2v) is 8.61. The number of amides is 1. The number of unbranched alkanes of at least 4 members (excludes halogenated alkanes) is 1. The largest absolute Gasteiger partial charge is 0.308 e. The number of hydrogen-bond acceptors (Lipinski definition) is 3. The Morgan fingerprint density at radius 3 is 2.31 bits per heavy atom. The van der Waals surface area contributed by atoms with Gasteiger partial charge < -0.3 is 4.90 Å². The molecule has 0 heterocycles. The van der Waals surface area contributed by atoms with E-state index < -0.39 is 10.0 Å². The maximum Gasteiger partial charge on any atom is 0.258 e. The molecule has 0 radical (unpaired) electrons. The van der Waals surface area contributed by atoms with Crippen molar-refractivity contribution in [2.45, 2.75) is 24.7 Å². The van der Waals surface area contributed by atoms with Crippen molar-refractivity contribution < 1.29 is 13.2 Å². The molecule has 0 spiro atoms. The molecule has 0 atom stereocenters. The summed E-state index contributed by atoms with van der Waals surface area (Å²) in [6, 6.07) is 13.7. The average Bonchev–Trinajstić information content (AvgIpc) is 2.62. The van der Waals surface area contributed by atoms with Crippen LogP contribution in [0.4, 0.5) is 5.69 Å². The van der Waals surface area contributed by atoms with Crippen molar-refractivity contribution >= 4 is 33.2 Å². The third-order valence-electron chi connectivity index (χ3n) is 3.99. The number of rotatable bonds is 7. The lowest BCUT2D eigenvalue weighted by Crippen LogP contribution is -2.32. The zero-order valence-electron chi connectivity index (χ0n) is 15.1. The van der Waals surface area contributed by atoms with Gasteiger partial charge in [0.05, 0.1) is 5.02 Å². The van der Waals surface area contributed by atoms with E-state index in [-0.39, 0.29) is 21.4 Å². The fraction of sp³-hybridized carbons (Fsp3) is 0.316. The van der Waals surface area contributed by atoms with Crippen molar-refractivity contribution in [2.24, 2.45) is 0 Å². The first-order chi connectivity index (χ1) is 12.3. The average molecular weight is 395 g/mol. The van der Waals surface area contributed by atoms with E-state index >= 15 is 0 Å². The van der Waals surface area contributed by atoms with E-state index in [0.29, 0.717) is 6.54 Å². The highest BCUT2D eigenvalue weighted by Crippen LogP contribution is 2.26. The first-order valence-corrected chi connectivity index (χ1v) is 10.2. The molecule has 5 nitrogen and oxygen atoms in total.